The molecule has 1 amide bonds. The first-order valence-electron chi connectivity index (χ1n) is 31.9. The first-order valence-corrected chi connectivity index (χ1v) is 33.4. The van der Waals surface area contributed by atoms with Crippen molar-refractivity contribution < 1.29 is 37.3 Å². The van der Waals surface area contributed by atoms with Crippen LogP contribution >= 0.6 is 7.82 Å². The maximum atomic E-state index is 13.5. The quantitative estimate of drug-likeness (QED) is 0.0212. The van der Waals surface area contributed by atoms with Crippen LogP contribution in [0.2, 0.25) is 0 Å². The van der Waals surface area contributed by atoms with Gasteiger partial charge in [0.2, 0.25) is 5.91 Å². The van der Waals surface area contributed by atoms with Crippen molar-refractivity contribution in [3.8, 4) is 0 Å². The number of ether oxygens (including phenoxy) is 1. The third-order valence-electron chi connectivity index (χ3n) is 13.8. The van der Waals surface area contributed by atoms with Gasteiger partial charge in [0.25, 0.3) is 7.82 Å². The Morgan fingerprint density at radius 3 is 1.23 bits per heavy atom. The molecule has 10 heteroatoms. The van der Waals surface area contributed by atoms with Crippen molar-refractivity contribution in [1.29, 1.82) is 0 Å². The van der Waals surface area contributed by atoms with Crippen LogP contribution in [-0.2, 0) is 27.9 Å². The lowest BCUT2D eigenvalue weighted by Gasteiger charge is -2.30. The first kappa shape index (κ1) is 74.2. The summed E-state index contributed by atoms with van der Waals surface area (Å²) >= 11 is 0. The van der Waals surface area contributed by atoms with E-state index in [0.717, 1.165) is 77.0 Å². The zero-order chi connectivity index (χ0) is 56.4. The number of phosphoric ester groups is 1. The Kier molecular flexibility index (Phi) is 54.4. The fraction of sp³-hybridized carbons (Fsp3) is 0.761. The molecule has 77 heavy (non-hydrogen) atoms. The molecule has 446 valence electrons. The van der Waals surface area contributed by atoms with Gasteiger partial charge in [-0.25, -0.2) is 0 Å². The number of hydrogen-bond acceptors (Lipinski definition) is 7. The molecule has 3 atom stereocenters. The zero-order valence-corrected chi connectivity index (χ0v) is 51.8. The fourth-order valence-electron chi connectivity index (χ4n) is 8.85. The molecule has 0 heterocycles. The van der Waals surface area contributed by atoms with Crippen LogP contribution in [0.1, 0.15) is 278 Å². The molecular formula is C67H121N2O7P. The van der Waals surface area contributed by atoms with Crippen LogP contribution in [0.15, 0.2) is 85.1 Å². The third kappa shape index (κ3) is 57.7. The minimum absolute atomic E-state index is 0.0331. The van der Waals surface area contributed by atoms with Gasteiger partial charge in [0, 0.05) is 12.8 Å². The van der Waals surface area contributed by atoms with E-state index in [-0.39, 0.29) is 18.9 Å². The predicted octanol–water partition coefficient (Wildman–Crippen LogP) is 19.1. The molecule has 0 aromatic rings. The molecule has 0 radical (unpaired) electrons. The molecule has 0 spiro atoms. The number of rotatable bonds is 57. The van der Waals surface area contributed by atoms with Crippen molar-refractivity contribution in [2.24, 2.45) is 0 Å². The van der Waals surface area contributed by atoms with Gasteiger partial charge >= 0.3 is 5.97 Å². The summed E-state index contributed by atoms with van der Waals surface area (Å²) < 4.78 is 30.2. The molecular weight excluding hydrogens is 976 g/mol. The smallest absolute Gasteiger partial charge is 0.306 e. The number of carbonyl (C=O) groups is 2. The van der Waals surface area contributed by atoms with Gasteiger partial charge in [-0.1, -0.05) is 254 Å². The lowest BCUT2D eigenvalue weighted by atomic mass is 10.0. The van der Waals surface area contributed by atoms with Gasteiger partial charge in [-0.15, -0.1) is 0 Å². The Labute approximate surface area is 476 Å². The second-order valence-corrected chi connectivity index (χ2v) is 24.0. The molecule has 0 aliphatic carbocycles. The van der Waals surface area contributed by atoms with E-state index in [1.807, 2.05) is 39.4 Å². The Balaban J connectivity index is 5.09. The summed E-state index contributed by atoms with van der Waals surface area (Å²) in [6.07, 6.45) is 74.3. The Hall–Kier alpha value is -2.81. The molecule has 0 fully saturated rings. The van der Waals surface area contributed by atoms with Crippen LogP contribution in [0.3, 0.4) is 0 Å². The highest BCUT2D eigenvalue weighted by Crippen LogP contribution is 2.38. The number of allylic oxidation sites excluding steroid dienone is 13. The lowest BCUT2D eigenvalue weighted by Crippen LogP contribution is -2.47. The van der Waals surface area contributed by atoms with Crippen molar-refractivity contribution in [2.75, 3.05) is 40.9 Å². The molecule has 9 nitrogen and oxygen atoms in total. The molecule has 0 aromatic heterocycles. The second kappa shape index (κ2) is 56.5. The van der Waals surface area contributed by atoms with Crippen LogP contribution in [0.25, 0.3) is 0 Å². The second-order valence-electron chi connectivity index (χ2n) is 22.6. The van der Waals surface area contributed by atoms with Crippen molar-refractivity contribution in [3.63, 3.8) is 0 Å². The van der Waals surface area contributed by atoms with Gasteiger partial charge in [0.15, 0.2) is 0 Å². The number of esters is 1. The summed E-state index contributed by atoms with van der Waals surface area (Å²) in [6.45, 7) is 6.76. The minimum atomic E-state index is -4.71. The van der Waals surface area contributed by atoms with E-state index in [4.69, 9.17) is 13.8 Å². The van der Waals surface area contributed by atoms with Gasteiger partial charge in [-0.2, -0.15) is 0 Å². The van der Waals surface area contributed by atoms with Gasteiger partial charge in [0.05, 0.1) is 33.8 Å². The summed E-state index contributed by atoms with van der Waals surface area (Å²) in [6, 6.07) is -0.915. The summed E-state index contributed by atoms with van der Waals surface area (Å²) in [4.78, 5) is 39.9. The van der Waals surface area contributed by atoms with Crippen LogP contribution in [0.4, 0.5) is 0 Å². The molecule has 3 unspecified atom stereocenters. The highest BCUT2D eigenvalue weighted by atomic mass is 31.2. The topological polar surface area (TPSA) is 114 Å². The SMILES string of the molecule is CCCCC/C=C\C/C=C\C/C=C\C/C=C\CCCCCCCCCCCCCC(=O)NC(COP(=O)([O-])OCC[N+](C)(C)C)C(/C=C\CCCCCCCCCCC)OC(=O)CC/C=C/C/C=C\CCCCCCCC. The van der Waals surface area contributed by atoms with Gasteiger partial charge < -0.3 is 28.5 Å². The Morgan fingerprint density at radius 1 is 0.455 bits per heavy atom. The number of nitrogens with one attached hydrogen (secondary N) is 1. The highest BCUT2D eigenvalue weighted by Gasteiger charge is 2.27. The van der Waals surface area contributed by atoms with E-state index >= 15 is 0 Å². The summed E-state index contributed by atoms with van der Waals surface area (Å²) in [5.41, 5.74) is 0. The average Bonchev–Trinajstić information content (AvgIpc) is 3.39. The number of unbranched alkanes of at least 4 members (excludes halogenated alkanes) is 29. The summed E-state index contributed by atoms with van der Waals surface area (Å²) in [5.74, 6) is -0.623. The van der Waals surface area contributed by atoms with E-state index in [1.165, 1.54) is 161 Å². The van der Waals surface area contributed by atoms with Crippen molar-refractivity contribution in [3.05, 3.63) is 85.1 Å². The molecule has 1 N–H and O–H groups in total. The van der Waals surface area contributed by atoms with Gasteiger partial charge in [0.1, 0.15) is 19.3 Å². The first-order chi connectivity index (χ1) is 37.4. The molecule has 0 saturated carbocycles. The van der Waals surface area contributed by atoms with E-state index in [0.29, 0.717) is 23.9 Å². The van der Waals surface area contributed by atoms with Gasteiger partial charge in [-0.3, -0.25) is 14.2 Å². The number of likely N-dealkylation sites (N-methyl/N-ethyl adjacent to an activating group) is 1. The maximum Gasteiger partial charge on any atom is 0.306 e. The van der Waals surface area contributed by atoms with Crippen molar-refractivity contribution in [2.45, 2.75) is 290 Å². The third-order valence-corrected chi connectivity index (χ3v) is 14.8. The highest BCUT2D eigenvalue weighted by molar-refractivity contribution is 7.45. The number of phosphoric acid groups is 1. The van der Waals surface area contributed by atoms with E-state index in [1.54, 1.807) is 0 Å². The number of nitrogens with zero attached hydrogens (tertiary/aromatic N) is 1. The van der Waals surface area contributed by atoms with E-state index < -0.39 is 32.5 Å². The zero-order valence-electron chi connectivity index (χ0n) is 50.9. The van der Waals surface area contributed by atoms with Gasteiger partial charge in [-0.05, 0) is 96.0 Å². The molecule has 0 aromatic carbocycles. The molecule has 0 saturated heterocycles. The van der Waals surface area contributed by atoms with Crippen molar-refractivity contribution >= 4 is 19.7 Å². The standard InChI is InChI=1S/C67H121N2O7P/c1-7-10-13-16-19-22-25-27-28-29-30-31-32-33-34-35-36-37-38-39-40-42-44-47-50-53-56-59-66(70)68-64(63-75-77(72,73)74-62-61-69(4,5)6)65(58-55-52-49-46-43-24-21-18-15-12-9-3)76-67(71)60-57-54-51-48-45-41-26-23-20-17-14-11-8-2/h19,22,27-28,30-31,33-34,41,45,51,54-55,58,64-65H,7-18,20-21,23-26,29,32,35-40,42-44,46-50,52-53,56-57,59-63H2,1-6H3,(H-,68,70,72,73)/b22-19-,28-27-,31-30-,34-33-,45-41-,54-51+,58-55-. The summed E-state index contributed by atoms with van der Waals surface area (Å²) in [7, 11) is 1.15. The van der Waals surface area contributed by atoms with E-state index in [2.05, 4.69) is 92.9 Å². The van der Waals surface area contributed by atoms with Crippen molar-refractivity contribution in [1.82, 2.24) is 5.32 Å². The number of carbonyl (C=O) groups excluding carboxylic acids is 2. The Morgan fingerprint density at radius 2 is 0.805 bits per heavy atom. The Bertz CT molecular complexity index is 1590. The number of quaternary nitrogens is 1. The average molecular weight is 1100 g/mol. The maximum absolute atomic E-state index is 13.5. The van der Waals surface area contributed by atoms with Crippen LogP contribution in [-0.4, -0.2) is 69.4 Å². The van der Waals surface area contributed by atoms with Crippen LogP contribution < -0.4 is 10.2 Å². The van der Waals surface area contributed by atoms with E-state index in [9.17, 15) is 19.0 Å². The lowest BCUT2D eigenvalue weighted by molar-refractivity contribution is -0.870. The molecule has 0 rings (SSSR count). The monoisotopic (exact) mass is 1100 g/mol. The molecule has 0 aliphatic heterocycles. The molecule has 0 aliphatic rings. The van der Waals surface area contributed by atoms with Crippen LogP contribution in [0, 0.1) is 0 Å². The molecule has 0 bridgehead atoms. The largest absolute Gasteiger partial charge is 0.756 e. The number of amides is 1. The number of hydrogen-bond donors (Lipinski definition) is 1. The minimum Gasteiger partial charge on any atom is -0.756 e. The summed E-state index contributed by atoms with van der Waals surface area (Å²) in [5, 5.41) is 3.01. The predicted molar refractivity (Wildman–Crippen MR) is 330 cm³/mol. The normalized spacial score (nSPS) is 14.2. The fourth-order valence-corrected chi connectivity index (χ4v) is 9.58. The van der Waals surface area contributed by atoms with Crippen LogP contribution in [0.5, 0.6) is 0 Å².